The predicted molar refractivity (Wildman–Crippen MR) is 75.3 cm³/mol. The summed E-state index contributed by atoms with van der Waals surface area (Å²) in [5, 5.41) is 0. The van der Waals surface area contributed by atoms with Crippen LogP contribution in [0.4, 0.5) is 4.39 Å². The second kappa shape index (κ2) is 7.01. The average Bonchev–Trinajstić information content (AvgIpc) is 2.45. The number of nitrogens with two attached hydrogens (primary N) is 1. The van der Waals surface area contributed by atoms with Crippen molar-refractivity contribution in [3.8, 4) is 0 Å². The van der Waals surface area contributed by atoms with Crippen molar-refractivity contribution in [3.63, 3.8) is 0 Å². The number of rotatable bonds is 5. The van der Waals surface area contributed by atoms with Crippen LogP contribution in [0.25, 0.3) is 0 Å². The summed E-state index contributed by atoms with van der Waals surface area (Å²) in [6.45, 7) is 2.64. The van der Waals surface area contributed by atoms with E-state index in [0.29, 0.717) is 18.3 Å². The van der Waals surface area contributed by atoms with Crippen LogP contribution in [0.1, 0.15) is 50.6 Å². The van der Waals surface area contributed by atoms with Gasteiger partial charge in [-0.05, 0) is 24.8 Å². The molecule has 3 atom stereocenters. The maximum atomic E-state index is 13.6. The molecule has 0 bridgehead atoms. The van der Waals surface area contributed by atoms with Gasteiger partial charge in [-0.3, -0.25) is 0 Å². The third-order valence-electron chi connectivity index (χ3n) is 4.13. The predicted octanol–water partition coefficient (Wildman–Crippen LogP) is 3.81. The lowest BCUT2D eigenvalue weighted by atomic mass is 9.85. The smallest absolute Gasteiger partial charge is 0.128 e. The van der Waals surface area contributed by atoms with Crippen molar-refractivity contribution in [1.82, 2.24) is 0 Å². The van der Waals surface area contributed by atoms with E-state index in [-0.39, 0.29) is 11.9 Å². The Morgan fingerprint density at radius 1 is 1.37 bits per heavy atom. The van der Waals surface area contributed by atoms with E-state index in [0.717, 1.165) is 18.8 Å². The number of ether oxygens (including phenoxy) is 1. The third-order valence-corrected chi connectivity index (χ3v) is 4.13. The zero-order valence-electron chi connectivity index (χ0n) is 11.6. The van der Waals surface area contributed by atoms with E-state index >= 15 is 0 Å². The molecule has 2 N–H and O–H groups in total. The lowest BCUT2D eigenvalue weighted by Gasteiger charge is -2.29. The summed E-state index contributed by atoms with van der Waals surface area (Å²) in [7, 11) is 0. The SMILES string of the molecule is CCC1CCCC(OCC(N)c2ccccc2F)C1. The highest BCUT2D eigenvalue weighted by atomic mass is 19.1. The van der Waals surface area contributed by atoms with E-state index < -0.39 is 0 Å². The third kappa shape index (κ3) is 4.02. The monoisotopic (exact) mass is 265 g/mol. The molecule has 1 aliphatic carbocycles. The lowest BCUT2D eigenvalue weighted by Crippen LogP contribution is -2.27. The highest BCUT2D eigenvalue weighted by Crippen LogP contribution is 2.29. The molecule has 2 nitrogen and oxygen atoms in total. The molecule has 0 radical (unpaired) electrons. The summed E-state index contributed by atoms with van der Waals surface area (Å²) < 4.78 is 19.5. The molecular weight excluding hydrogens is 241 g/mol. The van der Waals surface area contributed by atoms with Crippen LogP contribution in [0.2, 0.25) is 0 Å². The van der Waals surface area contributed by atoms with Gasteiger partial charge in [-0.25, -0.2) is 4.39 Å². The molecule has 1 aliphatic rings. The molecule has 0 aliphatic heterocycles. The molecular formula is C16H24FNO. The van der Waals surface area contributed by atoms with Crippen LogP contribution < -0.4 is 5.73 Å². The molecule has 19 heavy (non-hydrogen) atoms. The van der Waals surface area contributed by atoms with Gasteiger partial charge in [0.1, 0.15) is 5.82 Å². The minimum Gasteiger partial charge on any atom is -0.376 e. The highest BCUT2D eigenvalue weighted by Gasteiger charge is 2.22. The molecule has 0 amide bonds. The topological polar surface area (TPSA) is 35.2 Å². The maximum Gasteiger partial charge on any atom is 0.128 e. The van der Waals surface area contributed by atoms with Gasteiger partial charge in [0.05, 0.1) is 18.8 Å². The van der Waals surface area contributed by atoms with Crippen molar-refractivity contribution in [3.05, 3.63) is 35.6 Å². The van der Waals surface area contributed by atoms with Gasteiger partial charge in [-0.2, -0.15) is 0 Å². The van der Waals surface area contributed by atoms with Crippen molar-refractivity contribution in [2.45, 2.75) is 51.2 Å². The summed E-state index contributed by atoms with van der Waals surface area (Å²) in [5.74, 6) is 0.539. The lowest BCUT2D eigenvalue weighted by molar-refractivity contribution is 0.00527. The maximum absolute atomic E-state index is 13.6. The molecule has 3 heteroatoms. The Labute approximate surface area is 115 Å². The summed E-state index contributed by atoms with van der Waals surface area (Å²) in [4.78, 5) is 0. The first kappa shape index (κ1) is 14.5. The van der Waals surface area contributed by atoms with Crippen LogP contribution in [0, 0.1) is 11.7 Å². The molecule has 0 saturated heterocycles. The van der Waals surface area contributed by atoms with E-state index in [1.165, 1.54) is 25.3 Å². The van der Waals surface area contributed by atoms with Crippen LogP contribution in [0.5, 0.6) is 0 Å². The van der Waals surface area contributed by atoms with Crippen LogP contribution in [-0.2, 0) is 4.74 Å². The Hall–Kier alpha value is -0.930. The van der Waals surface area contributed by atoms with Gasteiger partial charge in [-0.1, -0.05) is 44.4 Å². The van der Waals surface area contributed by atoms with Gasteiger partial charge in [0.2, 0.25) is 0 Å². The summed E-state index contributed by atoms with van der Waals surface area (Å²) in [5.41, 5.74) is 6.56. The van der Waals surface area contributed by atoms with Crippen molar-refractivity contribution in [2.24, 2.45) is 11.7 Å². The van der Waals surface area contributed by atoms with Crippen LogP contribution in [0.3, 0.4) is 0 Å². The van der Waals surface area contributed by atoms with Crippen molar-refractivity contribution in [2.75, 3.05) is 6.61 Å². The normalized spacial score (nSPS) is 25.2. The standard InChI is InChI=1S/C16H24FNO/c1-2-12-6-5-7-13(10-12)19-11-16(18)14-8-3-4-9-15(14)17/h3-4,8-9,12-13,16H,2,5-7,10-11,18H2,1H3. The number of hydrogen-bond donors (Lipinski definition) is 1. The fourth-order valence-electron chi connectivity index (χ4n) is 2.87. The molecule has 1 aromatic carbocycles. The summed E-state index contributed by atoms with van der Waals surface area (Å²) in [6.07, 6.45) is 6.31. The molecule has 2 rings (SSSR count). The molecule has 3 unspecified atom stereocenters. The molecule has 0 spiro atoms. The van der Waals surface area contributed by atoms with E-state index in [2.05, 4.69) is 6.92 Å². The molecule has 1 saturated carbocycles. The summed E-state index contributed by atoms with van der Waals surface area (Å²) in [6, 6.07) is 6.30. The van der Waals surface area contributed by atoms with Gasteiger partial charge in [0.15, 0.2) is 0 Å². The second-order valence-corrected chi connectivity index (χ2v) is 5.52. The van der Waals surface area contributed by atoms with Crippen molar-refractivity contribution in [1.29, 1.82) is 0 Å². The van der Waals surface area contributed by atoms with Gasteiger partial charge < -0.3 is 10.5 Å². The van der Waals surface area contributed by atoms with Gasteiger partial charge in [-0.15, -0.1) is 0 Å². The van der Waals surface area contributed by atoms with Crippen molar-refractivity contribution < 1.29 is 9.13 Å². The average molecular weight is 265 g/mol. The van der Waals surface area contributed by atoms with Gasteiger partial charge in [0, 0.05) is 5.56 Å². The Balaban J connectivity index is 1.83. The molecule has 0 heterocycles. The van der Waals surface area contributed by atoms with E-state index in [1.54, 1.807) is 12.1 Å². The zero-order chi connectivity index (χ0) is 13.7. The number of benzene rings is 1. The first-order valence-electron chi connectivity index (χ1n) is 7.32. The van der Waals surface area contributed by atoms with E-state index in [1.807, 2.05) is 6.07 Å². The molecule has 1 fully saturated rings. The fraction of sp³-hybridized carbons (Fsp3) is 0.625. The number of hydrogen-bond acceptors (Lipinski definition) is 2. The minimum absolute atomic E-state index is 0.242. The Morgan fingerprint density at radius 3 is 2.89 bits per heavy atom. The zero-order valence-corrected chi connectivity index (χ0v) is 11.6. The first-order valence-corrected chi connectivity index (χ1v) is 7.32. The fourth-order valence-corrected chi connectivity index (χ4v) is 2.87. The minimum atomic E-state index is -0.372. The molecule has 106 valence electrons. The van der Waals surface area contributed by atoms with Crippen LogP contribution >= 0.6 is 0 Å². The van der Waals surface area contributed by atoms with E-state index in [9.17, 15) is 4.39 Å². The van der Waals surface area contributed by atoms with Crippen molar-refractivity contribution >= 4 is 0 Å². The Kier molecular flexibility index (Phi) is 5.34. The summed E-state index contributed by atoms with van der Waals surface area (Å²) >= 11 is 0. The second-order valence-electron chi connectivity index (χ2n) is 5.52. The van der Waals surface area contributed by atoms with E-state index in [4.69, 9.17) is 10.5 Å². The Morgan fingerprint density at radius 2 is 2.16 bits per heavy atom. The molecule has 1 aromatic rings. The largest absolute Gasteiger partial charge is 0.376 e. The molecule has 0 aromatic heterocycles. The van der Waals surface area contributed by atoms with Gasteiger partial charge in [0.25, 0.3) is 0 Å². The van der Waals surface area contributed by atoms with Gasteiger partial charge >= 0.3 is 0 Å². The quantitative estimate of drug-likeness (QED) is 0.878. The first-order chi connectivity index (χ1) is 9.20. The highest BCUT2D eigenvalue weighted by molar-refractivity contribution is 5.20. The van der Waals surface area contributed by atoms with Crippen LogP contribution in [-0.4, -0.2) is 12.7 Å². The van der Waals surface area contributed by atoms with Crippen LogP contribution in [0.15, 0.2) is 24.3 Å². The number of halogens is 1. The Bertz CT molecular complexity index is 396.